The van der Waals surface area contributed by atoms with Crippen molar-refractivity contribution in [1.29, 1.82) is 0 Å². The summed E-state index contributed by atoms with van der Waals surface area (Å²) in [5, 5.41) is 0. The SMILES string of the molecule is COc1ccc2c(c1)CCCC2CN=C(N)N1CCCC(C)C1. The summed E-state index contributed by atoms with van der Waals surface area (Å²) >= 11 is 0. The van der Waals surface area contributed by atoms with Crippen LogP contribution in [-0.4, -0.2) is 37.6 Å². The molecule has 0 amide bonds. The summed E-state index contributed by atoms with van der Waals surface area (Å²) in [6, 6.07) is 6.46. The molecule has 4 nitrogen and oxygen atoms in total. The van der Waals surface area contributed by atoms with Crippen molar-refractivity contribution in [3.8, 4) is 5.75 Å². The van der Waals surface area contributed by atoms with Gasteiger partial charge in [0.15, 0.2) is 5.96 Å². The topological polar surface area (TPSA) is 50.9 Å². The zero-order chi connectivity index (χ0) is 16.2. The highest BCUT2D eigenvalue weighted by atomic mass is 16.5. The van der Waals surface area contributed by atoms with Crippen molar-refractivity contribution in [1.82, 2.24) is 4.90 Å². The number of hydrogen-bond acceptors (Lipinski definition) is 2. The number of rotatable bonds is 3. The van der Waals surface area contributed by atoms with Crippen molar-refractivity contribution in [3.63, 3.8) is 0 Å². The predicted molar refractivity (Wildman–Crippen MR) is 95.1 cm³/mol. The normalized spacial score (nSPS) is 25.1. The number of methoxy groups -OCH3 is 1. The maximum Gasteiger partial charge on any atom is 0.191 e. The van der Waals surface area contributed by atoms with E-state index in [1.54, 1.807) is 7.11 Å². The Kier molecular flexibility index (Phi) is 5.09. The van der Waals surface area contributed by atoms with Gasteiger partial charge in [-0.3, -0.25) is 4.99 Å². The van der Waals surface area contributed by atoms with E-state index in [4.69, 9.17) is 15.5 Å². The van der Waals surface area contributed by atoms with E-state index in [9.17, 15) is 0 Å². The summed E-state index contributed by atoms with van der Waals surface area (Å²) in [5.41, 5.74) is 9.10. The Labute approximate surface area is 139 Å². The minimum atomic E-state index is 0.491. The molecule has 1 aliphatic heterocycles. The van der Waals surface area contributed by atoms with E-state index >= 15 is 0 Å². The number of benzene rings is 1. The Morgan fingerprint density at radius 3 is 3.00 bits per heavy atom. The van der Waals surface area contributed by atoms with Gasteiger partial charge in [-0.15, -0.1) is 0 Å². The summed E-state index contributed by atoms with van der Waals surface area (Å²) in [4.78, 5) is 6.99. The van der Waals surface area contributed by atoms with E-state index in [-0.39, 0.29) is 0 Å². The third-order valence-electron chi connectivity index (χ3n) is 5.24. The molecule has 0 saturated carbocycles. The van der Waals surface area contributed by atoms with Crippen LogP contribution >= 0.6 is 0 Å². The second-order valence-corrected chi connectivity index (χ2v) is 7.05. The highest BCUT2D eigenvalue weighted by Gasteiger charge is 2.22. The number of fused-ring (bicyclic) bond motifs is 1. The molecule has 2 unspecified atom stereocenters. The van der Waals surface area contributed by atoms with Crippen molar-refractivity contribution < 1.29 is 4.74 Å². The Balaban J connectivity index is 1.68. The van der Waals surface area contributed by atoms with Gasteiger partial charge in [-0.1, -0.05) is 13.0 Å². The number of nitrogens with zero attached hydrogens (tertiary/aromatic N) is 2. The Bertz CT molecular complexity index is 570. The highest BCUT2D eigenvalue weighted by molar-refractivity contribution is 5.78. The van der Waals surface area contributed by atoms with Crippen LogP contribution in [0.15, 0.2) is 23.2 Å². The molecule has 2 aliphatic rings. The fraction of sp³-hybridized carbons (Fsp3) is 0.632. The molecule has 1 aromatic carbocycles. The van der Waals surface area contributed by atoms with Gasteiger partial charge in [-0.25, -0.2) is 0 Å². The lowest BCUT2D eigenvalue weighted by Gasteiger charge is -2.32. The van der Waals surface area contributed by atoms with Crippen molar-refractivity contribution in [2.24, 2.45) is 16.6 Å². The molecule has 0 spiro atoms. The second-order valence-electron chi connectivity index (χ2n) is 7.05. The van der Waals surface area contributed by atoms with Crippen LogP contribution in [0.5, 0.6) is 5.75 Å². The van der Waals surface area contributed by atoms with Gasteiger partial charge >= 0.3 is 0 Å². The fourth-order valence-corrected chi connectivity index (χ4v) is 3.91. The number of likely N-dealkylation sites (tertiary alicyclic amines) is 1. The summed E-state index contributed by atoms with van der Waals surface area (Å²) in [6.45, 7) is 5.20. The summed E-state index contributed by atoms with van der Waals surface area (Å²) in [5.74, 6) is 2.90. The molecule has 0 bridgehead atoms. The zero-order valence-electron chi connectivity index (χ0n) is 14.4. The maximum atomic E-state index is 6.25. The van der Waals surface area contributed by atoms with E-state index in [2.05, 4.69) is 30.0 Å². The van der Waals surface area contributed by atoms with Crippen LogP contribution in [0, 0.1) is 5.92 Å². The van der Waals surface area contributed by atoms with Gasteiger partial charge in [-0.05, 0) is 61.3 Å². The average molecular weight is 315 g/mol. The van der Waals surface area contributed by atoms with Gasteiger partial charge in [0.1, 0.15) is 5.75 Å². The van der Waals surface area contributed by atoms with Gasteiger partial charge in [0.05, 0.1) is 7.11 Å². The molecule has 4 heteroatoms. The Morgan fingerprint density at radius 1 is 1.35 bits per heavy atom. The van der Waals surface area contributed by atoms with E-state index in [0.717, 1.165) is 43.7 Å². The standard InChI is InChI=1S/C19H29N3O/c1-14-5-4-10-22(13-14)19(20)21-12-16-7-3-6-15-11-17(23-2)8-9-18(15)16/h8-9,11,14,16H,3-7,10,12-13H2,1-2H3,(H2,20,21). The highest BCUT2D eigenvalue weighted by Crippen LogP contribution is 2.34. The van der Waals surface area contributed by atoms with Crippen molar-refractivity contribution in [3.05, 3.63) is 29.3 Å². The molecular formula is C19H29N3O. The first-order valence-electron chi connectivity index (χ1n) is 8.89. The molecule has 0 radical (unpaired) electrons. The van der Waals surface area contributed by atoms with Crippen LogP contribution in [0.25, 0.3) is 0 Å². The van der Waals surface area contributed by atoms with Crippen molar-refractivity contribution in [2.75, 3.05) is 26.7 Å². The third kappa shape index (κ3) is 3.80. The van der Waals surface area contributed by atoms with Crippen LogP contribution in [0.2, 0.25) is 0 Å². The third-order valence-corrected chi connectivity index (χ3v) is 5.24. The maximum absolute atomic E-state index is 6.25. The Morgan fingerprint density at radius 2 is 2.22 bits per heavy atom. The summed E-state index contributed by atoms with van der Waals surface area (Å²) in [7, 11) is 1.73. The fourth-order valence-electron chi connectivity index (χ4n) is 3.91. The lowest BCUT2D eigenvalue weighted by atomic mass is 9.83. The molecule has 2 atom stereocenters. The average Bonchev–Trinajstić information content (AvgIpc) is 2.59. The number of nitrogens with two attached hydrogens (primary N) is 1. The molecule has 1 aromatic rings. The molecule has 1 fully saturated rings. The van der Waals surface area contributed by atoms with E-state index in [0.29, 0.717) is 5.92 Å². The molecule has 23 heavy (non-hydrogen) atoms. The van der Waals surface area contributed by atoms with Gasteiger partial charge in [-0.2, -0.15) is 0 Å². The molecular weight excluding hydrogens is 286 g/mol. The molecule has 1 heterocycles. The van der Waals surface area contributed by atoms with Crippen molar-refractivity contribution >= 4 is 5.96 Å². The van der Waals surface area contributed by atoms with Crippen LogP contribution in [-0.2, 0) is 6.42 Å². The minimum absolute atomic E-state index is 0.491. The first kappa shape index (κ1) is 16.2. The zero-order valence-corrected chi connectivity index (χ0v) is 14.4. The largest absolute Gasteiger partial charge is 0.497 e. The lowest BCUT2D eigenvalue weighted by molar-refractivity contribution is 0.270. The summed E-state index contributed by atoms with van der Waals surface area (Å²) < 4.78 is 5.35. The number of guanidine groups is 1. The molecule has 1 saturated heterocycles. The van der Waals surface area contributed by atoms with Gasteiger partial charge < -0.3 is 15.4 Å². The second kappa shape index (κ2) is 7.24. The van der Waals surface area contributed by atoms with Crippen LogP contribution < -0.4 is 10.5 Å². The minimum Gasteiger partial charge on any atom is -0.497 e. The monoisotopic (exact) mass is 315 g/mol. The quantitative estimate of drug-likeness (QED) is 0.688. The van der Waals surface area contributed by atoms with E-state index in [1.807, 2.05) is 0 Å². The van der Waals surface area contributed by atoms with Gasteiger partial charge in [0.2, 0.25) is 0 Å². The number of aliphatic imine (C=N–C) groups is 1. The Hall–Kier alpha value is -1.71. The predicted octanol–water partition coefficient (Wildman–Crippen LogP) is 3.16. The molecule has 1 aliphatic carbocycles. The number of piperidine rings is 1. The van der Waals surface area contributed by atoms with E-state index in [1.165, 1.54) is 36.8 Å². The first-order chi connectivity index (χ1) is 11.2. The molecule has 0 aromatic heterocycles. The van der Waals surface area contributed by atoms with Crippen molar-refractivity contribution in [2.45, 2.75) is 44.9 Å². The number of aryl methyl sites for hydroxylation is 1. The van der Waals surface area contributed by atoms with Crippen LogP contribution in [0.1, 0.15) is 49.7 Å². The molecule has 126 valence electrons. The number of ether oxygens (including phenoxy) is 1. The molecule has 2 N–H and O–H groups in total. The summed E-state index contributed by atoms with van der Waals surface area (Å²) in [6.07, 6.45) is 6.10. The van der Waals surface area contributed by atoms with Crippen LogP contribution in [0.4, 0.5) is 0 Å². The molecule has 3 rings (SSSR count). The van der Waals surface area contributed by atoms with Gasteiger partial charge in [0, 0.05) is 25.6 Å². The number of hydrogen-bond donors (Lipinski definition) is 1. The van der Waals surface area contributed by atoms with E-state index < -0.39 is 0 Å². The smallest absolute Gasteiger partial charge is 0.191 e. The first-order valence-corrected chi connectivity index (χ1v) is 8.89. The van der Waals surface area contributed by atoms with Gasteiger partial charge in [0.25, 0.3) is 0 Å². The lowest BCUT2D eigenvalue weighted by Crippen LogP contribution is -2.43. The van der Waals surface area contributed by atoms with Crippen LogP contribution in [0.3, 0.4) is 0 Å².